The number of hydrogen-bond acceptors (Lipinski definition) is 4. The highest BCUT2D eigenvalue weighted by molar-refractivity contribution is 5.36. The third-order valence-corrected chi connectivity index (χ3v) is 1.88. The molecule has 1 heterocycles. The highest BCUT2D eigenvalue weighted by atomic mass is 16.5. The molecule has 0 aromatic heterocycles. The van der Waals surface area contributed by atoms with E-state index in [4.69, 9.17) is 5.11 Å². The lowest BCUT2D eigenvalue weighted by Gasteiger charge is -2.23. The number of rotatable bonds is 3. The molecule has 1 N–H and O–H groups in total. The molecule has 4 heteroatoms. The molecule has 4 nitrogen and oxygen atoms in total. The predicted octanol–water partition coefficient (Wildman–Crippen LogP) is 0.601. The lowest BCUT2D eigenvalue weighted by Crippen LogP contribution is -2.30. The van der Waals surface area contributed by atoms with Gasteiger partial charge in [0.05, 0.1) is 13.3 Å². The third-order valence-electron chi connectivity index (χ3n) is 1.88. The van der Waals surface area contributed by atoms with Gasteiger partial charge in [-0.1, -0.05) is 6.42 Å². The smallest absolute Gasteiger partial charge is 0.293 e. The second-order valence-corrected chi connectivity index (χ2v) is 2.87. The Hall–Kier alpha value is -0.610. The highest BCUT2D eigenvalue weighted by Crippen LogP contribution is 2.06. The first-order valence-electron chi connectivity index (χ1n) is 4.73. The van der Waals surface area contributed by atoms with Crippen LogP contribution < -0.4 is 0 Å². The summed E-state index contributed by atoms with van der Waals surface area (Å²) in [6.07, 6.45) is 3.87. The average Bonchev–Trinajstić information content (AvgIpc) is 2.21. The molecule has 0 bridgehead atoms. The second-order valence-electron chi connectivity index (χ2n) is 2.87. The summed E-state index contributed by atoms with van der Waals surface area (Å²) in [5.74, 6) is 0. The van der Waals surface area contributed by atoms with E-state index >= 15 is 0 Å². The number of piperidine rings is 1. The number of hydrogen-bond donors (Lipinski definition) is 1. The molecule has 0 saturated carbocycles. The first-order valence-corrected chi connectivity index (χ1v) is 4.73. The van der Waals surface area contributed by atoms with Crippen molar-refractivity contribution in [2.75, 3.05) is 26.4 Å². The maximum Gasteiger partial charge on any atom is 0.293 e. The van der Waals surface area contributed by atoms with Crippen LogP contribution in [-0.4, -0.2) is 42.9 Å². The van der Waals surface area contributed by atoms with Crippen LogP contribution in [0.4, 0.5) is 0 Å². The van der Waals surface area contributed by atoms with Gasteiger partial charge in [-0.05, 0) is 19.8 Å². The molecule has 1 aliphatic rings. The monoisotopic (exact) mass is 189 g/mol. The standard InChI is InChI=1S/C6H13NO.C3H6O2/c8-6-7-4-2-1-3-5-7;1-2-5-3-4/h8H,1-6H2;3H,2H2,1H3. The topological polar surface area (TPSA) is 49.8 Å². The fraction of sp³-hybridized carbons (Fsp3) is 0.889. The molecular formula is C9H19NO3. The molecule has 1 fully saturated rings. The van der Waals surface area contributed by atoms with E-state index < -0.39 is 0 Å². The van der Waals surface area contributed by atoms with Crippen LogP contribution in [0.2, 0.25) is 0 Å². The van der Waals surface area contributed by atoms with Gasteiger partial charge in [0.25, 0.3) is 6.47 Å². The number of aliphatic hydroxyl groups is 1. The van der Waals surface area contributed by atoms with Crippen molar-refractivity contribution in [1.82, 2.24) is 4.90 Å². The van der Waals surface area contributed by atoms with Crippen molar-refractivity contribution in [1.29, 1.82) is 0 Å². The summed E-state index contributed by atoms with van der Waals surface area (Å²) in [5, 5.41) is 8.62. The molecule has 0 unspecified atom stereocenters. The van der Waals surface area contributed by atoms with Gasteiger partial charge in [-0.3, -0.25) is 9.69 Å². The number of likely N-dealkylation sites (tertiary alicyclic amines) is 1. The molecule has 1 rings (SSSR count). The van der Waals surface area contributed by atoms with Gasteiger partial charge in [0, 0.05) is 13.1 Å². The van der Waals surface area contributed by atoms with Gasteiger partial charge >= 0.3 is 0 Å². The zero-order valence-electron chi connectivity index (χ0n) is 8.24. The number of carbonyl (C=O) groups excluding carboxylic acids is 1. The summed E-state index contributed by atoms with van der Waals surface area (Å²) in [6, 6.07) is 0. The Balaban J connectivity index is 0.000000252. The van der Waals surface area contributed by atoms with E-state index in [1.165, 1.54) is 19.3 Å². The van der Waals surface area contributed by atoms with Crippen molar-refractivity contribution in [3.63, 3.8) is 0 Å². The molecule has 78 valence electrons. The Morgan fingerprint density at radius 2 is 2.00 bits per heavy atom. The Morgan fingerprint density at radius 1 is 1.38 bits per heavy atom. The number of ether oxygens (including phenoxy) is 1. The van der Waals surface area contributed by atoms with Crippen molar-refractivity contribution in [2.24, 2.45) is 0 Å². The van der Waals surface area contributed by atoms with Crippen LogP contribution in [0.25, 0.3) is 0 Å². The maximum atomic E-state index is 9.18. The van der Waals surface area contributed by atoms with Gasteiger partial charge in [-0.15, -0.1) is 0 Å². The predicted molar refractivity (Wildman–Crippen MR) is 50.2 cm³/mol. The van der Waals surface area contributed by atoms with Crippen LogP contribution in [0.1, 0.15) is 26.2 Å². The molecular weight excluding hydrogens is 170 g/mol. The van der Waals surface area contributed by atoms with Crippen LogP contribution in [0.5, 0.6) is 0 Å². The molecule has 1 aliphatic heterocycles. The largest absolute Gasteiger partial charge is 0.468 e. The summed E-state index contributed by atoms with van der Waals surface area (Å²) in [4.78, 5) is 11.3. The molecule has 0 aromatic carbocycles. The summed E-state index contributed by atoms with van der Waals surface area (Å²) in [7, 11) is 0. The van der Waals surface area contributed by atoms with Gasteiger partial charge in [-0.2, -0.15) is 0 Å². The molecule has 0 spiro atoms. The molecule has 0 amide bonds. The van der Waals surface area contributed by atoms with Crippen molar-refractivity contribution >= 4 is 6.47 Å². The normalized spacial score (nSPS) is 17.1. The second kappa shape index (κ2) is 9.48. The quantitative estimate of drug-likeness (QED) is 0.661. The SMILES string of the molecule is CCOC=O.OCN1CCCCC1. The third kappa shape index (κ3) is 7.74. The minimum absolute atomic E-state index is 0.250. The number of carbonyl (C=O) groups is 1. The highest BCUT2D eigenvalue weighted by Gasteiger charge is 2.06. The fourth-order valence-corrected chi connectivity index (χ4v) is 1.17. The van der Waals surface area contributed by atoms with Crippen molar-refractivity contribution in [2.45, 2.75) is 26.2 Å². The van der Waals surface area contributed by atoms with Crippen molar-refractivity contribution in [3.05, 3.63) is 0 Å². The Labute approximate surface area is 79.5 Å². The summed E-state index contributed by atoms with van der Waals surface area (Å²) >= 11 is 0. The lowest BCUT2D eigenvalue weighted by atomic mass is 10.1. The van der Waals surface area contributed by atoms with E-state index in [0.29, 0.717) is 13.1 Å². The Bertz CT molecular complexity index is 113. The van der Waals surface area contributed by atoms with Gasteiger partial charge in [0.2, 0.25) is 0 Å². The van der Waals surface area contributed by atoms with Gasteiger partial charge in [0.15, 0.2) is 0 Å². The van der Waals surface area contributed by atoms with Crippen LogP contribution in [0.15, 0.2) is 0 Å². The van der Waals surface area contributed by atoms with Crippen LogP contribution in [-0.2, 0) is 9.53 Å². The Morgan fingerprint density at radius 3 is 2.23 bits per heavy atom. The van der Waals surface area contributed by atoms with E-state index in [9.17, 15) is 4.79 Å². The zero-order chi connectivity index (χ0) is 9.94. The molecule has 0 aliphatic carbocycles. The maximum absolute atomic E-state index is 9.18. The van der Waals surface area contributed by atoms with Crippen LogP contribution in [0.3, 0.4) is 0 Å². The van der Waals surface area contributed by atoms with Crippen molar-refractivity contribution in [3.8, 4) is 0 Å². The van der Waals surface area contributed by atoms with Gasteiger partial charge in [-0.25, -0.2) is 0 Å². The van der Waals surface area contributed by atoms with E-state index in [0.717, 1.165) is 13.1 Å². The first kappa shape index (κ1) is 12.4. The van der Waals surface area contributed by atoms with Gasteiger partial charge in [0.1, 0.15) is 0 Å². The van der Waals surface area contributed by atoms with E-state index in [1.54, 1.807) is 6.92 Å². The molecule has 1 saturated heterocycles. The summed E-state index contributed by atoms with van der Waals surface area (Å²) in [6.45, 7) is 5.10. The molecule has 0 radical (unpaired) electrons. The minimum atomic E-state index is 0.250. The Kier molecular flexibility index (Phi) is 9.03. The number of aliphatic hydroxyl groups excluding tert-OH is 1. The fourth-order valence-electron chi connectivity index (χ4n) is 1.17. The molecule has 0 aromatic rings. The minimum Gasteiger partial charge on any atom is -0.468 e. The van der Waals surface area contributed by atoms with Crippen molar-refractivity contribution < 1.29 is 14.6 Å². The number of nitrogens with zero attached hydrogens (tertiary/aromatic N) is 1. The van der Waals surface area contributed by atoms with Crippen LogP contribution in [0, 0.1) is 0 Å². The van der Waals surface area contributed by atoms with E-state index in [-0.39, 0.29) is 6.73 Å². The zero-order valence-corrected chi connectivity index (χ0v) is 8.24. The molecule has 0 atom stereocenters. The average molecular weight is 189 g/mol. The summed E-state index contributed by atoms with van der Waals surface area (Å²) < 4.78 is 4.15. The van der Waals surface area contributed by atoms with E-state index in [2.05, 4.69) is 9.64 Å². The van der Waals surface area contributed by atoms with Gasteiger partial charge < -0.3 is 9.84 Å². The summed E-state index contributed by atoms with van der Waals surface area (Å²) in [5.41, 5.74) is 0. The van der Waals surface area contributed by atoms with E-state index in [1.807, 2.05) is 0 Å². The first-order chi connectivity index (χ1) is 6.35. The lowest BCUT2D eigenvalue weighted by molar-refractivity contribution is -0.128. The molecule has 13 heavy (non-hydrogen) atoms. The van der Waals surface area contributed by atoms with Crippen LogP contribution >= 0.6 is 0 Å².